The van der Waals surface area contributed by atoms with Crippen LogP contribution in [-0.2, 0) is 9.59 Å². The molecule has 2 fully saturated rings. The van der Waals surface area contributed by atoms with Crippen LogP contribution in [0.2, 0.25) is 0 Å². The van der Waals surface area contributed by atoms with Crippen molar-refractivity contribution in [2.45, 2.75) is 51.2 Å². The summed E-state index contributed by atoms with van der Waals surface area (Å²) < 4.78 is 0. The van der Waals surface area contributed by atoms with Crippen LogP contribution in [0, 0.1) is 0 Å². The van der Waals surface area contributed by atoms with E-state index in [2.05, 4.69) is 5.32 Å². The van der Waals surface area contributed by atoms with Crippen LogP contribution >= 0.6 is 0 Å². The number of amides is 2. The van der Waals surface area contributed by atoms with E-state index in [1.807, 2.05) is 13.8 Å². The molecule has 0 saturated carbocycles. The molecule has 2 amide bonds. The van der Waals surface area contributed by atoms with E-state index in [1.54, 1.807) is 16.8 Å². The van der Waals surface area contributed by atoms with E-state index in [1.165, 1.54) is 0 Å². The zero-order valence-electron chi connectivity index (χ0n) is 11.5. The van der Waals surface area contributed by atoms with E-state index in [0.717, 1.165) is 32.4 Å². The lowest BCUT2D eigenvalue weighted by molar-refractivity contribution is -0.145. The highest BCUT2D eigenvalue weighted by molar-refractivity contribution is 5.91. The number of hydrogen-bond donors (Lipinski definition) is 1. The van der Waals surface area contributed by atoms with Crippen LogP contribution < -0.4 is 5.32 Å². The number of rotatable bonds is 3. The minimum Gasteiger partial charge on any atom is -0.344 e. The SMILES string of the molecule is CC(C)NC1CCCN(C2CCN(C)C2=O)C1=O. The first-order valence-corrected chi connectivity index (χ1v) is 6.82. The summed E-state index contributed by atoms with van der Waals surface area (Å²) >= 11 is 0. The van der Waals surface area contributed by atoms with Crippen molar-refractivity contribution in [2.24, 2.45) is 0 Å². The van der Waals surface area contributed by atoms with E-state index in [9.17, 15) is 9.59 Å². The number of nitrogens with zero attached hydrogens (tertiary/aromatic N) is 2. The summed E-state index contributed by atoms with van der Waals surface area (Å²) in [4.78, 5) is 27.9. The van der Waals surface area contributed by atoms with Crippen molar-refractivity contribution in [3.63, 3.8) is 0 Å². The first-order chi connectivity index (χ1) is 8.50. The second-order valence-electron chi connectivity index (χ2n) is 5.61. The van der Waals surface area contributed by atoms with Crippen molar-refractivity contribution in [1.82, 2.24) is 15.1 Å². The number of nitrogens with one attached hydrogen (secondary N) is 1. The molecule has 102 valence electrons. The van der Waals surface area contributed by atoms with Crippen LogP contribution in [0.3, 0.4) is 0 Å². The average Bonchev–Trinajstić information content (AvgIpc) is 2.63. The Bertz CT molecular complexity index is 343. The van der Waals surface area contributed by atoms with Crippen LogP contribution in [-0.4, -0.2) is 59.9 Å². The van der Waals surface area contributed by atoms with Crippen LogP contribution in [0.25, 0.3) is 0 Å². The predicted octanol–water partition coefficient (Wildman–Crippen LogP) is 0.206. The Labute approximate surface area is 108 Å². The zero-order chi connectivity index (χ0) is 13.3. The number of likely N-dealkylation sites (tertiary alicyclic amines) is 2. The van der Waals surface area contributed by atoms with Crippen LogP contribution in [0.5, 0.6) is 0 Å². The van der Waals surface area contributed by atoms with E-state index in [-0.39, 0.29) is 23.9 Å². The van der Waals surface area contributed by atoms with Gasteiger partial charge in [-0.1, -0.05) is 13.8 Å². The number of piperidine rings is 1. The van der Waals surface area contributed by atoms with E-state index in [0.29, 0.717) is 6.04 Å². The first kappa shape index (κ1) is 13.3. The van der Waals surface area contributed by atoms with Crippen molar-refractivity contribution >= 4 is 11.8 Å². The van der Waals surface area contributed by atoms with Gasteiger partial charge in [0, 0.05) is 26.2 Å². The molecule has 2 heterocycles. The molecule has 2 unspecified atom stereocenters. The van der Waals surface area contributed by atoms with Gasteiger partial charge < -0.3 is 15.1 Å². The molecule has 0 aromatic rings. The Kier molecular flexibility index (Phi) is 3.90. The molecule has 5 nitrogen and oxygen atoms in total. The minimum absolute atomic E-state index is 0.0912. The molecular formula is C13H23N3O2. The lowest BCUT2D eigenvalue weighted by Crippen LogP contribution is -2.56. The van der Waals surface area contributed by atoms with Gasteiger partial charge in [0.05, 0.1) is 6.04 Å². The third-order valence-electron chi connectivity index (χ3n) is 3.78. The summed E-state index contributed by atoms with van der Waals surface area (Å²) in [5, 5.41) is 3.29. The summed E-state index contributed by atoms with van der Waals surface area (Å²) in [6.07, 6.45) is 2.63. The molecule has 0 bridgehead atoms. The molecule has 2 atom stereocenters. The van der Waals surface area contributed by atoms with Gasteiger partial charge in [0.1, 0.15) is 6.04 Å². The summed E-state index contributed by atoms with van der Waals surface area (Å²) in [5.41, 5.74) is 0. The molecule has 0 aromatic carbocycles. The van der Waals surface area contributed by atoms with Gasteiger partial charge in [-0.2, -0.15) is 0 Å². The number of carbonyl (C=O) groups is 2. The molecule has 1 N–H and O–H groups in total. The first-order valence-electron chi connectivity index (χ1n) is 6.82. The maximum atomic E-state index is 12.4. The third-order valence-corrected chi connectivity index (χ3v) is 3.78. The maximum Gasteiger partial charge on any atom is 0.245 e. The Balaban J connectivity index is 2.05. The fourth-order valence-corrected chi connectivity index (χ4v) is 2.86. The van der Waals surface area contributed by atoms with Gasteiger partial charge in [0.25, 0.3) is 0 Å². The highest BCUT2D eigenvalue weighted by Crippen LogP contribution is 2.21. The van der Waals surface area contributed by atoms with Crippen molar-refractivity contribution in [2.75, 3.05) is 20.1 Å². The molecule has 0 aliphatic carbocycles. The zero-order valence-corrected chi connectivity index (χ0v) is 11.5. The van der Waals surface area contributed by atoms with Crippen LogP contribution in [0.15, 0.2) is 0 Å². The lowest BCUT2D eigenvalue weighted by atomic mass is 10.0. The maximum absolute atomic E-state index is 12.4. The molecule has 0 aromatic heterocycles. The number of carbonyl (C=O) groups excluding carboxylic acids is 2. The minimum atomic E-state index is -0.223. The van der Waals surface area contributed by atoms with Crippen LogP contribution in [0.4, 0.5) is 0 Å². The quantitative estimate of drug-likeness (QED) is 0.782. The Morgan fingerprint density at radius 3 is 2.44 bits per heavy atom. The van der Waals surface area contributed by atoms with E-state index in [4.69, 9.17) is 0 Å². The van der Waals surface area contributed by atoms with Crippen LogP contribution in [0.1, 0.15) is 33.1 Å². The average molecular weight is 253 g/mol. The molecular weight excluding hydrogens is 230 g/mol. The number of likely N-dealkylation sites (N-methyl/N-ethyl adjacent to an activating group) is 1. The largest absolute Gasteiger partial charge is 0.344 e. The Morgan fingerprint density at radius 1 is 1.17 bits per heavy atom. The molecule has 2 saturated heterocycles. The summed E-state index contributed by atoms with van der Waals surface area (Å²) in [7, 11) is 1.81. The highest BCUT2D eigenvalue weighted by atomic mass is 16.2. The van der Waals surface area contributed by atoms with Crippen molar-refractivity contribution < 1.29 is 9.59 Å². The van der Waals surface area contributed by atoms with Gasteiger partial charge in [-0.3, -0.25) is 9.59 Å². The van der Waals surface area contributed by atoms with Gasteiger partial charge in [-0.05, 0) is 19.3 Å². The normalized spacial score (nSPS) is 29.6. The van der Waals surface area contributed by atoms with Gasteiger partial charge >= 0.3 is 0 Å². The van der Waals surface area contributed by atoms with Crippen molar-refractivity contribution in [1.29, 1.82) is 0 Å². The molecule has 5 heteroatoms. The monoisotopic (exact) mass is 253 g/mol. The van der Waals surface area contributed by atoms with Gasteiger partial charge in [0.15, 0.2) is 0 Å². The second kappa shape index (κ2) is 5.26. The smallest absolute Gasteiger partial charge is 0.245 e. The topological polar surface area (TPSA) is 52.6 Å². The molecule has 2 aliphatic rings. The fraction of sp³-hybridized carbons (Fsp3) is 0.846. The Morgan fingerprint density at radius 2 is 1.89 bits per heavy atom. The molecule has 18 heavy (non-hydrogen) atoms. The van der Waals surface area contributed by atoms with Crippen molar-refractivity contribution in [3.8, 4) is 0 Å². The molecule has 0 spiro atoms. The molecule has 2 rings (SSSR count). The Hall–Kier alpha value is -1.10. The summed E-state index contributed by atoms with van der Waals surface area (Å²) in [6, 6.07) is -0.0439. The van der Waals surface area contributed by atoms with Gasteiger partial charge in [0.2, 0.25) is 11.8 Å². The third kappa shape index (κ3) is 2.51. The van der Waals surface area contributed by atoms with Crippen molar-refractivity contribution in [3.05, 3.63) is 0 Å². The summed E-state index contributed by atoms with van der Waals surface area (Å²) in [5.74, 6) is 0.192. The fourth-order valence-electron chi connectivity index (χ4n) is 2.86. The lowest BCUT2D eigenvalue weighted by Gasteiger charge is -2.36. The predicted molar refractivity (Wildman–Crippen MR) is 69.0 cm³/mol. The molecule has 2 aliphatic heterocycles. The van der Waals surface area contributed by atoms with E-state index < -0.39 is 0 Å². The molecule has 0 radical (unpaired) electrons. The summed E-state index contributed by atoms with van der Waals surface area (Å²) in [6.45, 7) is 5.57. The second-order valence-corrected chi connectivity index (χ2v) is 5.61. The van der Waals surface area contributed by atoms with Gasteiger partial charge in [-0.15, -0.1) is 0 Å². The number of hydrogen-bond acceptors (Lipinski definition) is 3. The van der Waals surface area contributed by atoms with E-state index >= 15 is 0 Å². The van der Waals surface area contributed by atoms with Gasteiger partial charge in [-0.25, -0.2) is 0 Å². The highest BCUT2D eigenvalue weighted by Gasteiger charge is 2.40. The standard InChI is InChI=1S/C13H23N3O2/c1-9(2)14-10-5-4-7-16(12(10)17)11-6-8-15(3)13(11)18/h9-11,14H,4-8H2,1-3H3.